The average molecular weight is 536 g/mol. The van der Waals surface area contributed by atoms with Crippen molar-refractivity contribution in [2.45, 2.75) is 32.0 Å². The third-order valence-corrected chi connectivity index (χ3v) is 5.92. The molecule has 0 fully saturated rings. The van der Waals surface area contributed by atoms with Gasteiger partial charge in [0.15, 0.2) is 0 Å². The second kappa shape index (κ2) is 12.6. The number of methoxy groups -OCH3 is 2. The molecule has 3 rings (SSSR count). The van der Waals surface area contributed by atoms with Gasteiger partial charge in [-0.1, -0.05) is 6.07 Å². The Morgan fingerprint density at radius 1 is 0.947 bits per heavy atom. The number of aliphatic carboxylic acids is 1. The molecule has 6 nitrogen and oxygen atoms in total. The molecular weight excluding hydrogens is 506 g/mol. The molecule has 10 heteroatoms. The molecule has 0 aliphatic heterocycles. The van der Waals surface area contributed by atoms with E-state index in [-0.39, 0.29) is 42.4 Å². The Morgan fingerprint density at radius 3 is 2.24 bits per heavy atom. The van der Waals surface area contributed by atoms with Crippen LogP contribution in [0.4, 0.5) is 17.6 Å². The summed E-state index contributed by atoms with van der Waals surface area (Å²) >= 11 is 0. The van der Waals surface area contributed by atoms with Gasteiger partial charge in [-0.05, 0) is 78.1 Å². The molecule has 2 N–H and O–H groups in total. The van der Waals surface area contributed by atoms with Crippen molar-refractivity contribution >= 4 is 5.97 Å². The van der Waals surface area contributed by atoms with Crippen LogP contribution in [0, 0.1) is 5.82 Å². The highest BCUT2D eigenvalue weighted by atomic mass is 19.4. The van der Waals surface area contributed by atoms with E-state index in [2.05, 4.69) is 5.32 Å². The van der Waals surface area contributed by atoms with Gasteiger partial charge in [0.05, 0.1) is 19.8 Å². The molecule has 0 radical (unpaired) electrons. The molecule has 3 aromatic carbocycles. The Balaban J connectivity index is 1.74. The van der Waals surface area contributed by atoms with Crippen molar-refractivity contribution in [1.29, 1.82) is 0 Å². The van der Waals surface area contributed by atoms with E-state index in [1.807, 2.05) is 19.1 Å². The summed E-state index contributed by atoms with van der Waals surface area (Å²) in [6, 6.07) is 12.5. The molecule has 0 saturated carbocycles. The minimum Gasteiger partial charge on any atom is -0.497 e. The lowest BCUT2D eigenvalue weighted by Gasteiger charge is -2.17. The number of halogens is 4. The molecule has 0 amide bonds. The molecule has 0 aliphatic rings. The molecule has 3 aromatic rings. The van der Waals surface area contributed by atoms with Gasteiger partial charge in [-0.3, -0.25) is 4.79 Å². The maximum absolute atomic E-state index is 14.1. The summed E-state index contributed by atoms with van der Waals surface area (Å²) in [4.78, 5) is 10.9. The second-order valence-electron chi connectivity index (χ2n) is 8.61. The highest BCUT2D eigenvalue weighted by Gasteiger charge is 2.31. The number of ether oxygens (including phenoxy) is 3. The van der Waals surface area contributed by atoms with Gasteiger partial charge in [0.1, 0.15) is 29.7 Å². The molecule has 0 saturated heterocycles. The van der Waals surface area contributed by atoms with Crippen LogP contribution in [0.25, 0.3) is 11.1 Å². The summed E-state index contributed by atoms with van der Waals surface area (Å²) in [5, 5.41) is 12.1. The van der Waals surface area contributed by atoms with E-state index < -0.39 is 23.5 Å². The zero-order chi connectivity index (χ0) is 27.9. The molecule has 0 aliphatic carbocycles. The summed E-state index contributed by atoms with van der Waals surface area (Å²) in [7, 11) is 3.10. The van der Waals surface area contributed by atoms with Crippen LogP contribution < -0.4 is 19.5 Å². The fraction of sp³-hybridized carbons (Fsp3) is 0.321. The van der Waals surface area contributed by atoms with Crippen LogP contribution in [0.1, 0.15) is 36.1 Å². The number of carboxylic acids is 1. The Labute approximate surface area is 218 Å². The minimum absolute atomic E-state index is 0.00346. The van der Waals surface area contributed by atoms with Crippen LogP contribution in [0.2, 0.25) is 0 Å². The molecular formula is C28H29F4NO5. The number of alkyl halides is 3. The number of hydrogen-bond acceptors (Lipinski definition) is 5. The smallest absolute Gasteiger partial charge is 0.416 e. The van der Waals surface area contributed by atoms with E-state index in [9.17, 15) is 22.4 Å². The number of aryl methyl sites for hydroxylation is 1. The minimum atomic E-state index is -4.63. The lowest BCUT2D eigenvalue weighted by atomic mass is 9.98. The van der Waals surface area contributed by atoms with E-state index >= 15 is 0 Å². The Morgan fingerprint density at radius 2 is 1.63 bits per heavy atom. The van der Waals surface area contributed by atoms with Gasteiger partial charge in [0.25, 0.3) is 0 Å². The Kier molecular flexibility index (Phi) is 9.57. The lowest BCUT2D eigenvalue weighted by Crippen LogP contribution is -2.24. The monoisotopic (exact) mass is 535 g/mol. The molecule has 204 valence electrons. The molecule has 0 heterocycles. The summed E-state index contributed by atoms with van der Waals surface area (Å²) in [6.07, 6.45) is -5.01. The fourth-order valence-electron chi connectivity index (χ4n) is 3.84. The van der Waals surface area contributed by atoms with E-state index in [4.69, 9.17) is 19.3 Å². The first kappa shape index (κ1) is 28.8. The number of carbonyl (C=O) groups is 1. The van der Waals surface area contributed by atoms with Crippen LogP contribution in [0.3, 0.4) is 0 Å². The predicted molar refractivity (Wildman–Crippen MR) is 134 cm³/mol. The summed E-state index contributed by atoms with van der Waals surface area (Å²) < 4.78 is 71.2. The zero-order valence-electron chi connectivity index (χ0n) is 21.2. The molecule has 0 bridgehead atoms. The first-order valence-corrected chi connectivity index (χ1v) is 11.8. The number of hydrogen-bond donors (Lipinski definition) is 2. The van der Waals surface area contributed by atoms with Crippen LogP contribution in [-0.2, 0) is 17.4 Å². The largest absolute Gasteiger partial charge is 0.497 e. The Bertz CT molecular complexity index is 1240. The van der Waals surface area contributed by atoms with Crippen molar-refractivity contribution in [2.75, 3.05) is 27.4 Å². The number of nitrogens with one attached hydrogen (secondary N) is 1. The van der Waals surface area contributed by atoms with Crippen molar-refractivity contribution in [3.05, 3.63) is 77.1 Å². The number of benzene rings is 3. The summed E-state index contributed by atoms with van der Waals surface area (Å²) in [5.41, 5.74) is 0.596. The molecule has 0 unspecified atom stereocenters. The van der Waals surface area contributed by atoms with Gasteiger partial charge in [-0.15, -0.1) is 0 Å². The third kappa shape index (κ3) is 7.85. The zero-order valence-corrected chi connectivity index (χ0v) is 21.2. The molecule has 0 aromatic heterocycles. The topological polar surface area (TPSA) is 77.0 Å². The van der Waals surface area contributed by atoms with E-state index in [0.29, 0.717) is 23.6 Å². The number of carboxylic acid groups (broad SMARTS) is 1. The SMILES string of the molecule is COc1cc(OC)cc([C@@H](C)NCCOc2cc(-c3ccc(F)c(CCC(=O)O)c3)cc(C(F)(F)F)c2)c1. The fourth-order valence-corrected chi connectivity index (χ4v) is 3.84. The maximum atomic E-state index is 14.1. The highest BCUT2D eigenvalue weighted by Crippen LogP contribution is 2.36. The van der Waals surface area contributed by atoms with Crippen LogP contribution in [-0.4, -0.2) is 38.4 Å². The van der Waals surface area contributed by atoms with Crippen molar-refractivity contribution in [2.24, 2.45) is 0 Å². The first-order valence-electron chi connectivity index (χ1n) is 11.8. The first-order chi connectivity index (χ1) is 18.0. The van der Waals surface area contributed by atoms with Gasteiger partial charge in [0, 0.05) is 25.1 Å². The van der Waals surface area contributed by atoms with Gasteiger partial charge >= 0.3 is 12.1 Å². The lowest BCUT2D eigenvalue weighted by molar-refractivity contribution is -0.138. The van der Waals surface area contributed by atoms with Gasteiger partial charge in [0.2, 0.25) is 0 Å². The van der Waals surface area contributed by atoms with E-state index in [1.165, 1.54) is 18.2 Å². The van der Waals surface area contributed by atoms with Crippen LogP contribution >= 0.6 is 0 Å². The Hall–Kier alpha value is -3.79. The maximum Gasteiger partial charge on any atom is 0.416 e. The second-order valence-corrected chi connectivity index (χ2v) is 8.61. The van der Waals surface area contributed by atoms with Crippen LogP contribution in [0.15, 0.2) is 54.6 Å². The highest BCUT2D eigenvalue weighted by molar-refractivity contribution is 5.69. The van der Waals surface area contributed by atoms with E-state index in [0.717, 1.165) is 23.8 Å². The molecule has 0 spiro atoms. The standard InChI is InChI=1S/C28H29F4NO5/c1-17(20-12-23(36-2)16-24(13-20)37-3)33-8-9-38-25-14-21(11-22(15-25)28(30,31)32)18-4-6-26(29)19(10-18)5-7-27(34)35/h4,6,10-17,33H,5,7-9H2,1-3H3,(H,34,35)/t17-/m1/s1. The summed E-state index contributed by atoms with van der Waals surface area (Å²) in [6.45, 7) is 2.34. The van der Waals surface area contributed by atoms with Gasteiger partial charge in [-0.2, -0.15) is 13.2 Å². The van der Waals surface area contributed by atoms with Crippen molar-refractivity contribution in [3.63, 3.8) is 0 Å². The quantitative estimate of drug-likeness (QED) is 0.210. The third-order valence-electron chi connectivity index (χ3n) is 5.92. The number of rotatable bonds is 12. The van der Waals surface area contributed by atoms with Crippen molar-refractivity contribution < 1.29 is 41.7 Å². The van der Waals surface area contributed by atoms with Crippen LogP contribution in [0.5, 0.6) is 17.2 Å². The van der Waals surface area contributed by atoms with E-state index in [1.54, 1.807) is 20.3 Å². The van der Waals surface area contributed by atoms with Crippen molar-refractivity contribution in [3.8, 4) is 28.4 Å². The summed E-state index contributed by atoms with van der Waals surface area (Å²) in [5.74, 6) is -0.450. The molecule has 38 heavy (non-hydrogen) atoms. The average Bonchev–Trinajstić information content (AvgIpc) is 2.89. The predicted octanol–water partition coefficient (Wildman–Crippen LogP) is 6.28. The van der Waals surface area contributed by atoms with Gasteiger partial charge < -0.3 is 24.6 Å². The normalized spacial score (nSPS) is 12.2. The van der Waals surface area contributed by atoms with Gasteiger partial charge in [-0.25, -0.2) is 4.39 Å². The molecule has 1 atom stereocenters. The van der Waals surface area contributed by atoms with Crippen molar-refractivity contribution in [1.82, 2.24) is 5.32 Å².